The minimum Gasteiger partial charge on any atom is -0.493 e. The van der Waals surface area contributed by atoms with Crippen LogP contribution in [0.1, 0.15) is 18.0 Å². The molecule has 0 saturated carbocycles. The second-order valence-corrected chi connectivity index (χ2v) is 2.87. The third-order valence-electron chi connectivity index (χ3n) is 2.08. The van der Waals surface area contributed by atoms with Gasteiger partial charge in [0.05, 0.1) is 12.2 Å². The lowest BCUT2D eigenvalue weighted by molar-refractivity contribution is -0.430. The number of hydrogen-bond acceptors (Lipinski definition) is 1. The molecule has 11 heavy (non-hydrogen) atoms. The van der Waals surface area contributed by atoms with Crippen LogP contribution < -0.4 is 10.5 Å². The SMILES string of the molecule is [NH3+][C@H]1CCOc2ccccc21. The first-order chi connectivity index (χ1) is 5.38. The highest BCUT2D eigenvalue weighted by molar-refractivity contribution is 5.35. The second kappa shape index (κ2) is 2.55. The maximum Gasteiger partial charge on any atom is 0.128 e. The molecule has 1 atom stereocenters. The molecule has 0 unspecified atom stereocenters. The normalized spacial score (nSPS) is 22.1. The summed E-state index contributed by atoms with van der Waals surface area (Å²) in [6.45, 7) is 0.811. The maximum atomic E-state index is 5.45. The van der Waals surface area contributed by atoms with Gasteiger partial charge in [-0.05, 0) is 12.1 Å². The van der Waals surface area contributed by atoms with Crippen LogP contribution in [0.4, 0.5) is 0 Å². The Morgan fingerprint density at radius 2 is 2.18 bits per heavy atom. The smallest absolute Gasteiger partial charge is 0.128 e. The van der Waals surface area contributed by atoms with Crippen molar-refractivity contribution in [2.45, 2.75) is 12.5 Å². The Morgan fingerprint density at radius 1 is 1.36 bits per heavy atom. The van der Waals surface area contributed by atoms with Gasteiger partial charge in [-0.2, -0.15) is 0 Å². The molecule has 1 aromatic carbocycles. The molecule has 0 aromatic heterocycles. The molecule has 0 aliphatic carbocycles. The van der Waals surface area contributed by atoms with Gasteiger partial charge >= 0.3 is 0 Å². The summed E-state index contributed by atoms with van der Waals surface area (Å²) in [5.74, 6) is 1.01. The summed E-state index contributed by atoms with van der Waals surface area (Å²) in [7, 11) is 0. The molecule has 58 valence electrons. The van der Waals surface area contributed by atoms with Crippen molar-refractivity contribution in [3.8, 4) is 5.75 Å². The van der Waals surface area contributed by atoms with Gasteiger partial charge in [-0.15, -0.1) is 0 Å². The molecule has 1 aliphatic rings. The van der Waals surface area contributed by atoms with E-state index in [1.165, 1.54) is 5.56 Å². The number of fused-ring (bicyclic) bond motifs is 1. The molecule has 2 heteroatoms. The van der Waals surface area contributed by atoms with E-state index in [0.717, 1.165) is 18.8 Å². The molecule has 1 heterocycles. The topological polar surface area (TPSA) is 36.9 Å². The molecule has 0 saturated heterocycles. The highest BCUT2D eigenvalue weighted by atomic mass is 16.5. The second-order valence-electron chi connectivity index (χ2n) is 2.87. The van der Waals surface area contributed by atoms with Crippen molar-refractivity contribution < 1.29 is 10.5 Å². The van der Waals surface area contributed by atoms with Crippen molar-refractivity contribution >= 4 is 0 Å². The lowest BCUT2D eigenvalue weighted by atomic mass is 10.0. The van der Waals surface area contributed by atoms with E-state index in [1.807, 2.05) is 18.2 Å². The van der Waals surface area contributed by atoms with Gasteiger partial charge in [-0.3, -0.25) is 0 Å². The van der Waals surface area contributed by atoms with Crippen LogP contribution in [-0.2, 0) is 0 Å². The zero-order valence-corrected chi connectivity index (χ0v) is 6.42. The highest BCUT2D eigenvalue weighted by Gasteiger charge is 2.19. The summed E-state index contributed by atoms with van der Waals surface area (Å²) in [4.78, 5) is 0. The van der Waals surface area contributed by atoms with Crippen LogP contribution in [0, 0.1) is 0 Å². The lowest BCUT2D eigenvalue weighted by Crippen LogP contribution is -2.55. The molecule has 0 spiro atoms. The van der Waals surface area contributed by atoms with Gasteiger partial charge in [0.15, 0.2) is 0 Å². The first-order valence-corrected chi connectivity index (χ1v) is 3.93. The first-order valence-electron chi connectivity index (χ1n) is 3.93. The van der Waals surface area contributed by atoms with Crippen LogP contribution in [0.5, 0.6) is 5.75 Å². The molecule has 2 rings (SSSR count). The van der Waals surface area contributed by atoms with Crippen LogP contribution >= 0.6 is 0 Å². The number of para-hydroxylation sites is 1. The Labute approximate surface area is 66.0 Å². The van der Waals surface area contributed by atoms with Crippen LogP contribution in [0.3, 0.4) is 0 Å². The standard InChI is InChI=1S/C9H11NO/c10-8-5-6-11-9-4-2-1-3-7(8)9/h1-4,8H,5-6,10H2/p+1/t8-/m0/s1. The van der Waals surface area contributed by atoms with E-state index in [-0.39, 0.29) is 0 Å². The summed E-state index contributed by atoms with van der Waals surface area (Å²) in [5.41, 5.74) is 5.31. The van der Waals surface area contributed by atoms with E-state index in [0.29, 0.717) is 6.04 Å². The largest absolute Gasteiger partial charge is 0.493 e. The summed E-state index contributed by atoms with van der Waals surface area (Å²) in [6, 6.07) is 8.54. The Morgan fingerprint density at radius 3 is 3.00 bits per heavy atom. The Hall–Kier alpha value is -1.02. The van der Waals surface area contributed by atoms with Gasteiger partial charge in [0.1, 0.15) is 11.8 Å². The van der Waals surface area contributed by atoms with Crippen molar-refractivity contribution in [2.75, 3.05) is 6.61 Å². The Bertz CT molecular complexity index is 259. The molecule has 0 fully saturated rings. The van der Waals surface area contributed by atoms with E-state index in [2.05, 4.69) is 11.8 Å². The molecule has 0 radical (unpaired) electrons. The van der Waals surface area contributed by atoms with Gasteiger partial charge in [-0.1, -0.05) is 12.1 Å². The number of ether oxygens (including phenoxy) is 1. The van der Waals surface area contributed by atoms with Gasteiger partial charge in [0.25, 0.3) is 0 Å². The monoisotopic (exact) mass is 150 g/mol. The predicted molar refractivity (Wildman–Crippen MR) is 42.2 cm³/mol. The summed E-state index contributed by atoms with van der Waals surface area (Å²) in [5, 5.41) is 0. The van der Waals surface area contributed by atoms with Gasteiger partial charge in [-0.25, -0.2) is 0 Å². The fraction of sp³-hybridized carbons (Fsp3) is 0.333. The van der Waals surface area contributed by atoms with Gasteiger partial charge < -0.3 is 10.5 Å². The molecule has 0 bridgehead atoms. The fourth-order valence-corrected chi connectivity index (χ4v) is 1.42. The number of quaternary nitrogens is 1. The number of hydrogen-bond donors (Lipinski definition) is 1. The quantitative estimate of drug-likeness (QED) is 0.582. The molecule has 1 aliphatic heterocycles. The fourth-order valence-electron chi connectivity index (χ4n) is 1.42. The summed E-state index contributed by atoms with van der Waals surface area (Å²) in [6.07, 6.45) is 1.04. The van der Waals surface area contributed by atoms with Crippen LogP contribution in [0.25, 0.3) is 0 Å². The van der Waals surface area contributed by atoms with Crippen LogP contribution in [0.2, 0.25) is 0 Å². The van der Waals surface area contributed by atoms with Crippen LogP contribution in [0.15, 0.2) is 24.3 Å². The number of rotatable bonds is 0. The highest BCUT2D eigenvalue weighted by Crippen LogP contribution is 2.28. The van der Waals surface area contributed by atoms with Crippen molar-refractivity contribution in [3.05, 3.63) is 29.8 Å². The molecular weight excluding hydrogens is 138 g/mol. The minimum absolute atomic E-state index is 0.417. The van der Waals surface area contributed by atoms with Gasteiger partial charge in [0.2, 0.25) is 0 Å². The predicted octanol–water partition coefficient (Wildman–Crippen LogP) is 0.752. The van der Waals surface area contributed by atoms with Crippen molar-refractivity contribution in [2.24, 2.45) is 0 Å². The van der Waals surface area contributed by atoms with E-state index in [9.17, 15) is 0 Å². The maximum absolute atomic E-state index is 5.45. The average molecular weight is 150 g/mol. The van der Waals surface area contributed by atoms with Crippen molar-refractivity contribution in [1.82, 2.24) is 0 Å². The van der Waals surface area contributed by atoms with E-state index in [4.69, 9.17) is 4.74 Å². The zero-order valence-electron chi connectivity index (χ0n) is 6.42. The van der Waals surface area contributed by atoms with Crippen molar-refractivity contribution in [1.29, 1.82) is 0 Å². The van der Waals surface area contributed by atoms with Crippen LogP contribution in [-0.4, -0.2) is 6.61 Å². The summed E-state index contributed by atoms with van der Waals surface area (Å²) >= 11 is 0. The third kappa shape index (κ3) is 1.10. The molecule has 2 nitrogen and oxygen atoms in total. The van der Waals surface area contributed by atoms with E-state index >= 15 is 0 Å². The molecular formula is C9H12NO+. The van der Waals surface area contributed by atoms with E-state index < -0.39 is 0 Å². The third-order valence-corrected chi connectivity index (χ3v) is 2.08. The Kier molecular flexibility index (Phi) is 1.55. The molecule has 3 N–H and O–H groups in total. The van der Waals surface area contributed by atoms with Crippen molar-refractivity contribution in [3.63, 3.8) is 0 Å². The number of benzene rings is 1. The summed E-state index contributed by atoms with van der Waals surface area (Å²) < 4.78 is 5.45. The van der Waals surface area contributed by atoms with E-state index in [1.54, 1.807) is 0 Å². The molecule has 1 aromatic rings. The lowest BCUT2D eigenvalue weighted by Gasteiger charge is -2.19. The average Bonchev–Trinajstić information content (AvgIpc) is 2.06. The zero-order chi connectivity index (χ0) is 7.68. The minimum atomic E-state index is 0.417. The first kappa shape index (κ1) is 6.68. The Balaban J connectivity index is 2.44. The molecule has 0 amide bonds. The van der Waals surface area contributed by atoms with Gasteiger partial charge in [0, 0.05) is 6.42 Å².